The minimum Gasteiger partial charge on any atom is -0.480 e. The molecule has 66 heavy (non-hydrogen) atoms. The van der Waals surface area contributed by atoms with Crippen LogP contribution in [-0.2, 0) is 57.5 Å². The summed E-state index contributed by atoms with van der Waals surface area (Å²) in [6.07, 6.45) is 0.193. The first-order valence-electron chi connectivity index (χ1n) is 21.9. The number of hydrogen-bond donors (Lipinski definition) is 12. The van der Waals surface area contributed by atoms with Crippen LogP contribution in [0.5, 0.6) is 0 Å². The molecule has 0 aliphatic carbocycles. The number of unbranched alkanes of at least 4 members (excludes halogenated alkanes) is 1. The van der Waals surface area contributed by atoms with E-state index in [2.05, 4.69) is 42.5 Å². The van der Waals surface area contributed by atoms with Crippen molar-refractivity contribution in [1.82, 2.24) is 52.3 Å². The second kappa shape index (κ2) is 26.0. The maximum atomic E-state index is 13.4. The molecule has 0 aromatic carbocycles. The van der Waals surface area contributed by atoms with Crippen molar-refractivity contribution in [1.29, 1.82) is 0 Å². The number of nitrogens with zero attached hydrogens (tertiary/aromatic N) is 2. The summed E-state index contributed by atoms with van der Waals surface area (Å²) in [5.74, 6) is -10.2. The van der Waals surface area contributed by atoms with Crippen LogP contribution in [0, 0.1) is 5.92 Å². The Morgan fingerprint density at radius 3 is 2.14 bits per heavy atom. The number of hydrogen-bond acceptors (Lipinski definition) is 15. The number of carboxylic acids is 1. The summed E-state index contributed by atoms with van der Waals surface area (Å²) in [6.45, 7) is 3.62. The largest absolute Gasteiger partial charge is 0.480 e. The van der Waals surface area contributed by atoms with E-state index in [-0.39, 0.29) is 57.5 Å². The molecule has 0 aromatic rings. The number of nitrogens with one attached hydrogen (secondary N) is 8. The summed E-state index contributed by atoms with van der Waals surface area (Å²) in [4.78, 5) is 155. The molecular formula is C40H64N12O14. The minimum atomic E-state index is -1.47. The summed E-state index contributed by atoms with van der Waals surface area (Å²) in [7, 11) is 0. The highest BCUT2D eigenvalue weighted by Gasteiger charge is 2.42. The van der Waals surface area contributed by atoms with Gasteiger partial charge in [0.25, 0.3) is 5.91 Å². The number of likely N-dealkylation sites (tertiary alicyclic amines) is 2. The second-order valence-electron chi connectivity index (χ2n) is 16.9. The fraction of sp³-hybridized carbons (Fsp3) is 0.700. The smallest absolute Gasteiger partial charge is 0.326 e. The lowest BCUT2D eigenvalue weighted by Gasteiger charge is -2.26. The summed E-state index contributed by atoms with van der Waals surface area (Å²) in [5, 5.41) is 38.8. The Morgan fingerprint density at radius 1 is 0.818 bits per heavy atom. The van der Waals surface area contributed by atoms with E-state index in [1.165, 1.54) is 11.8 Å². The predicted octanol–water partition coefficient (Wildman–Crippen LogP) is -6.34. The Bertz CT molecular complexity index is 1850. The number of carboxylic acid groups (broad SMARTS) is 1. The van der Waals surface area contributed by atoms with E-state index in [4.69, 9.17) is 11.5 Å². The SMILES string of the molecule is CC(C)C[C@H](NC(=O)CN1C(=O)C[C@H](NC(=O)C(CCC(N)=O)NC(=O)CNC(=O)[C@@H]2C[C@@H](O)CN2)C1=O)C(=O)N[C@@H](C)C(=O)NCC(=O)N1CCC[C@H]1C(=O)N[C@@H](CCCCN)C(=O)O. The minimum absolute atomic E-state index is 0.0574. The van der Waals surface area contributed by atoms with Crippen LogP contribution in [0.1, 0.15) is 85.0 Å². The Balaban J connectivity index is 1.53. The zero-order chi connectivity index (χ0) is 49.2. The fourth-order valence-electron chi connectivity index (χ4n) is 7.48. The molecule has 3 saturated heterocycles. The van der Waals surface area contributed by atoms with Gasteiger partial charge in [0.2, 0.25) is 59.1 Å². The summed E-state index contributed by atoms with van der Waals surface area (Å²) < 4.78 is 0. The molecule has 14 N–H and O–H groups in total. The molecule has 26 heteroatoms. The third kappa shape index (κ3) is 16.9. The van der Waals surface area contributed by atoms with Crippen molar-refractivity contribution in [3.63, 3.8) is 0 Å². The Kier molecular flexibility index (Phi) is 21.3. The summed E-state index contributed by atoms with van der Waals surface area (Å²) in [6, 6.07) is -8.23. The Labute approximate surface area is 380 Å². The number of nitrogens with two attached hydrogens (primary N) is 2. The van der Waals surface area contributed by atoms with Crippen molar-refractivity contribution in [2.75, 3.05) is 39.3 Å². The maximum absolute atomic E-state index is 13.4. The molecule has 368 valence electrons. The van der Waals surface area contributed by atoms with Crippen molar-refractivity contribution in [3.05, 3.63) is 0 Å². The van der Waals surface area contributed by atoms with Crippen LogP contribution in [0.4, 0.5) is 0 Å². The maximum Gasteiger partial charge on any atom is 0.326 e. The number of aliphatic hydroxyl groups excluding tert-OH is 1. The van der Waals surface area contributed by atoms with Crippen LogP contribution in [0.2, 0.25) is 0 Å². The standard InChI is InChI=1S/C40H64N12O14/c1-20(2)13-26(37(62)46-21(3)34(59)45-18-33(58)51-12-6-8-28(51)38(63)49-24(40(65)66)7-4-5-11-41)48-31(56)19-52-32(57)15-27(39(52)64)50-36(61)23(9-10-29(42)54)47-30(55)17-44-35(60)25-14-22(53)16-43-25/h20-28,43,53H,4-19,41H2,1-3H3,(H2,42,54)(H,44,60)(H,45,59)(H,46,62)(H,47,55)(H,48,56)(H,49,63)(H,50,61)(H,65,66)/t21-,22+,23?,24-,25-,26-,27-,28-/m0/s1. The van der Waals surface area contributed by atoms with E-state index in [0.29, 0.717) is 30.7 Å². The van der Waals surface area contributed by atoms with E-state index in [1.807, 2.05) is 0 Å². The van der Waals surface area contributed by atoms with Gasteiger partial charge >= 0.3 is 5.97 Å². The zero-order valence-electron chi connectivity index (χ0n) is 37.4. The molecule has 1 unspecified atom stereocenters. The Morgan fingerprint density at radius 2 is 1.52 bits per heavy atom. The average Bonchev–Trinajstić information content (AvgIpc) is 3.99. The molecular weight excluding hydrogens is 873 g/mol. The third-order valence-corrected chi connectivity index (χ3v) is 11.0. The second-order valence-corrected chi connectivity index (χ2v) is 16.9. The lowest BCUT2D eigenvalue weighted by atomic mass is 10.0. The van der Waals surface area contributed by atoms with Gasteiger partial charge in [-0.2, -0.15) is 0 Å². The number of amides is 11. The Hall–Kier alpha value is -6.28. The predicted molar refractivity (Wildman–Crippen MR) is 228 cm³/mol. The van der Waals surface area contributed by atoms with E-state index in [0.717, 1.165) is 0 Å². The lowest BCUT2D eigenvalue weighted by Crippen LogP contribution is -2.56. The van der Waals surface area contributed by atoms with Crippen molar-refractivity contribution < 1.29 is 67.7 Å². The lowest BCUT2D eigenvalue weighted by molar-refractivity contribution is -0.144. The first-order chi connectivity index (χ1) is 31.1. The van der Waals surface area contributed by atoms with Crippen LogP contribution in [0.3, 0.4) is 0 Å². The number of primary amides is 1. The third-order valence-electron chi connectivity index (χ3n) is 11.0. The van der Waals surface area contributed by atoms with E-state index >= 15 is 0 Å². The number of β-amino-alcohol motifs (C(OH)–C–C–N with tert-alkyl or cyclic N) is 1. The number of carbonyl (C=O) groups excluding carboxylic acids is 11. The molecule has 3 fully saturated rings. The van der Waals surface area contributed by atoms with Crippen LogP contribution in [-0.4, -0.2) is 179 Å². The fourth-order valence-corrected chi connectivity index (χ4v) is 7.48. The summed E-state index contributed by atoms with van der Waals surface area (Å²) in [5.41, 5.74) is 10.7. The first-order valence-corrected chi connectivity index (χ1v) is 21.9. The van der Waals surface area contributed by atoms with Gasteiger partial charge in [-0.25, -0.2) is 4.79 Å². The highest BCUT2D eigenvalue weighted by atomic mass is 16.4. The zero-order valence-corrected chi connectivity index (χ0v) is 37.4. The molecule has 0 bridgehead atoms. The van der Waals surface area contributed by atoms with Gasteiger partial charge < -0.3 is 69.1 Å². The molecule has 0 aromatic heterocycles. The van der Waals surface area contributed by atoms with Crippen molar-refractivity contribution >= 4 is 70.9 Å². The van der Waals surface area contributed by atoms with Crippen molar-refractivity contribution in [2.24, 2.45) is 17.4 Å². The number of aliphatic hydroxyl groups is 1. The van der Waals surface area contributed by atoms with Gasteiger partial charge in [-0.3, -0.25) is 57.6 Å². The quantitative estimate of drug-likeness (QED) is 0.0284. The molecule has 3 heterocycles. The number of imide groups is 1. The molecule has 8 atom stereocenters. The molecule has 26 nitrogen and oxygen atoms in total. The van der Waals surface area contributed by atoms with E-state index in [9.17, 15) is 67.7 Å². The summed E-state index contributed by atoms with van der Waals surface area (Å²) >= 11 is 0. The number of carbonyl (C=O) groups is 12. The number of rotatable bonds is 26. The highest BCUT2D eigenvalue weighted by Crippen LogP contribution is 2.19. The van der Waals surface area contributed by atoms with Crippen LogP contribution in [0.15, 0.2) is 0 Å². The monoisotopic (exact) mass is 936 g/mol. The van der Waals surface area contributed by atoms with Gasteiger partial charge in [0, 0.05) is 19.5 Å². The van der Waals surface area contributed by atoms with Crippen molar-refractivity contribution in [2.45, 2.75) is 133 Å². The molecule has 0 spiro atoms. The highest BCUT2D eigenvalue weighted by molar-refractivity contribution is 6.09. The molecule has 3 rings (SSSR count). The van der Waals surface area contributed by atoms with Gasteiger partial charge in [-0.05, 0) is 70.8 Å². The molecule has 11 amide bonds. The van der Waals surface area contributed by atoms with Crippen molar-refractivity contribution in [3.8, 4) is 0 Å². The van der Waals surface area contributed by atoms with Crippen LogP contribution >= 0.6 is 0 Å². The first kappa shape index (κ1) is 54.1. The van der Waals surface area contributed by atoms with Crippen LogP contribution < -0.4 is 54.0 Å². The normalized spacial score (nSPS) is 21.0. The van der Waals surface area contributed by atoms with Gasteiger partial charge in [-0.15, -0.1) is 0 Å². The van der Waals surface area contributed by atoms with E-state index < -0.39 is 145 Å². The van der Waals surface area contributed by atoms with Crippen LogP contribution in [0.25, 0.3) is 0 Å². The molecule has 3 aliphatic rings. The number of aliphatic carboxylic acids is 1. The molecule has 0 radical (unpaired) electrons. The molecule has 0 saturated carbocycles. The van der Waals surface area contributed by atoms with Gasteiger partial charge in [0.15, 0.2) is 0 Å². The topological polar surface area (TPSA) is 400 Å². The van der Waals surface area contributed by atoms with E-state index in [1.54, 1.807) is 13.8 Å². The average molecular weight is 937 g/mol. The van der Waals surface area contributed by atoms with Gasteiger partial charge in [0.1, 0.15) is 42.8 Å². The van der Waals surface area contributed by atoms with Gasteiger partial charge in [0.05, 0.1) is 31.7 Å². The molecule has 3 aliphatic heterocycles. The van der Waals surface area contributed by atoms with Gasteiger partial charge in [-0.1, -0.05) is 13.8 Å².